The highest BCUT2D eigenvalue weighted by atomic mass is 16.5. The van der Waals surface area contributed by atoms with Gasteiger partial charge in [-0.2, -0.15) is 0 Å². The van der Waals surface area contributed by atoms with Gasteiger partial charge in [-0.15, -0.1) is 0 Å². The van der Waals surface area contributed by atoms with Crippen LogP contribution in [-0.2, 0) is 5.41 Å². The molecule has 0 aromatic heterocycles. The smallest absolute Gasteiger partial charge is 0.163 e. The summed E-state index contributed by atoms with van der Waals surface area (Å²) in [7, 11) is 1.59. The number of rotatable bonds is 3. The third kappa shape index (κ3) is 1.69. The first-order valence-corrected chi connectivity index (χ1v) is 6.13. The zero-order valence-corrected chi connectivity index (χ0v) is 10.8. The molecular weight excluding hydrogens is 214 g/mol. The molecule has 94 valence electrons. The number of methoxy groups -OCH3 is 1. The number of hydrogen-bond donors (Lipinski definition) is 2. The third-order valence-electron chi connectivity index (χ3n) is 4.07. The van der Waals surface area contributed by atoms with Gasteiger partial charge in [0.05, 0.1) is 7.11 Å². The number of benzene rings is 1. The van der Waals surface area contributed by atoms with Crippen molar-refractivity contribution in [2.45, 2.75) is 38.5 Å². The van der Waals surface area contributed by atoms with E-state index in [1.807, 2.05) is 13.8 Å². The standard InChI is InChI=1S/C14H21NO2/c1-9-7-10(2)13(17-3)12(16)11(9)14(8-15)5-4-6-14/h7,16H,4-6,8,15H2,1-3H3. The lowest BCUT2D eigenvalue weighted by molar-refractivity contribution is 0.240. The second-order valence-electron chi connectivity index (χ2n) is 5.11. The van der Waals surface area contributed by atoms with Gasteiger partial charge >= 0.3 is 0 Å². The molecule has 1 aliphatic carbocycles. The molecule has 0 atom stereocenters. The van der Waals surface area contributed by atoms with E-state index in [1.165, 1.54) is 6.42 Å². The molecule has 0 aliphatic heterocycles. The molecule has 3 nitrogen and oxygen atoms in total. The number of ether oxygens (including phenoxy) is 1. The van der Waals surface area contributed by atoms with Gasteiger partial charge < -0.3 is 15.6 Å². The average Bonchev–Trinajstić information content (AvgIpc) is 2.21. The molecule has 1 aromatic rings. The molecule has 1 aliphatic rings. The molecule has 0 bridgehead atoms. The SMILES string of the molecule is COc1c(C)cc(C)c(C2(CN)CCC2)c1O. The van der Waals surface area contributed by atoms with Crippen LogP contribution in [0.15, 0.2) is 6.07 Å². The monoisotopic (exact) mass is 235 g/mol. The molecule has 0 unspecified atom stereocenters. The van der Waals surface area contributed by atoms with Crippen molar-refractivity contribution >= 4 is 0 Å². The van der Waals surface area contributed by atoms with Crippen LogP contribution < -0.4 is 10.5 Å². The van der Waals surface area contributed by atoms with E-state index in [1.54, 1.807) is 7.11 Å². The number of aryl methyl sites for hydroxylation is 2. The fraction of sp³-hybridized carbons (Fsp3) is 0.571. The fourth-order valence-electron chi connectivity index (χ4n) is 3.04. The highest BCUT2D eigenvalue weighted by molar-refractivity contribution is 5.57. The van der Waals surface area contributed by atoms with Gasteiger partial charge in [0.15, 0.2) is 11.5 Å². The maximum absolute atomic E-state index is 10.4. The summed E-state index contributed by atoms with van der Waals surface area (Å²) in [5.41, 5.74) is 8.96. The van der Waals surface area contributed by atoms with Gasteiger partial charge in [-0.1, -0.05) is 12.5 Å². The maximum atomic E-state index is 10.4. The molecule has 0 amide bonds. The predicted octanol–water partition coefficient (Wildman–Crippen LogP) is 2.40. The molecule has 0 spiro atoms. The minimum Gasteiger partial charge on any atom is -0.504 e. The van der Waals surface area contributed by atoms with Crippen LogP contribution in [-0.4, -0.2) is 18.8 Å². The topological polar surface area (TPSA) is 55.5 Å². The average molecular weight is 235 g/mol. The van der Waals surface area contributed by atoms with E-state index in [9.17, 15) is 5.11 Å². The van der Waals surface area contributed by atoms with Crippen molar-refractivity contribution in [1.29, 1.82) is 0 Å². The van der Waals surface area contributed by atoms with Gasteiger partial charge in [0.2, 0.25) is 0 Å². The Morgan fingerprint density at radius 2 is 2.00 bits per heavy atom. The van der Waals surface area contributed by atoms with Crippen LogP contribution in [0.1, 0.15) is 36.0 Å². The zero-order chi connectivity index (χ0) is 12.6. The van der Waals surface area contributed by atoms with Gasteiger partial charge in [0.1, 0.15) is 0 Å². The number of hydrogen-bond acceptors (Lipinski definition) is 3. The molecule has 0 heterocycles. The van der Waals surface area contributed by atoms with Crippen LogP contribution in [0.4, 0.5) is 0 Å². The number of phenolic OH excluding ortho intramolecular Hbond substituents is 1. The molecule has 1 fully saturated rings. The van der Waals surface area contributed by atoms with Crippen molar-refractivity contribution in [2.75, 3.05) is 13.7 Å². The summed E-state index contributed by atoms with van der Waals surface area (Å²) >= 11 is 0. The molecule has 17 heavy (non-hydrogen) atoms. The van der Waals surface area contributed by atoms with E-state index in [2.05, 4.69) is 6.07 Å². The lowest BCUT2D eigenvalue weighted by atomic mass is 9.63. The van der Waals surface area contributed by atoms with Crippen molar-refractivity contribution in [3.8, 4) is 11.5 Å². The molecule has 0 saturated heterocycles. The maximum Gasteiger partial charge on any atom is 0.163 e. The quantitative estimate of drug-likeness (QED) is 0.845. The Morgan fingerprint density at radius 1 is 1.35 bits per heavy atom. The van der Waals surface area contributed by atoms with E-state index in [4.69, 9.17) is 10.5 Å². The lowest BCUT2D eigenvalue weighted by Crippen LogP contribution is -2.42. The highest BCUT2D eigenvalue weighted by Gasteiger charge is 2.41. The van der Waals surface area contributed by atoms with Gasteiger partial charge in [-0.3, -0.25) is 0 Å². The summed E-state index contributed by atoms with van der Waals surface area (Å²) in [6.45, 7) is 4.58. The largest absolute Gasteiger partial charge is 0.504 e. The Morgan fingerprint density at radius 3 is 2.41 bits per heavy atom. The first kappa shape index (κ1) is 12.2. The number of phenols is 1. The zero-order valence-electron chi connectivity index (χ0n) is 10.8. The Bertz CT molecular complexity index is 431. The molecule has 2 rings (SSSR count). The van der Waals surface area contributed by atoms with Crippen molar-refractivity contribution in [2.24, 2.45) is 5.73 Å². The van der Waals surface area contributed by atoms with Crippen molar-refractivity contribution in [1.82, 2.24) is 0 Å². The van der Waals surface area contributed by atoms with Gasteiger partial charge in [-0.25, -0.2) is 0 Å². The first-order chi connectivity index (χ1) is 8.05. The lowest BCUT2D eigenvalue weighted by Gasteiger charge is -2.43. The first-order valence-electron chi connectivity index (χ1n) is 6.13. The van der Waals surface area contributed by atoms with E-state index in [0.29, 0.717) is 12.3 Å². The molecule has 1 saturated carbocycles. The van der Waals surface area contributed by atoms with Crippen LogP contribution in [0, 0.1) is 13.8 Å². The summed E-state index contributed by atoms with van der Waals surface area (Å²) in [5.74, 6) is 0.875. The molecular formula is C14H21NO2. The highest BCUT2D eigenvalue weighted by Crippen LogP contribution is 2.50. The Labute approximate surface area is 103 Å². The van der Waals surface area contributed by atoms with Crippen LogP contribution in [0.5, 0.6) is 11.5 Å². The van der Waals surface area contributed by atoms with E-state index >= 15 is 0 Å². The second kappa shape index (κ2) is 4.22. The summed E-state index contributed by atoms with van der Waals surface area (Å²) in [5, 5.41) is 10.4. The van der Waals surface area contributed by atoms with Gasteiger partial charge in [0, 0.05) is 17.5 Å². The Balaban J connectivity index is 2.61. The van der Waals surface area contributed by atoms with E-state index in [0.717, 1.165) is 29.5 Å². The number of nitrogens with two attached hydrogens (primary N) is 1. The van der Waals surface area contributed by atoms with Gasteiger partial charge in [-0.05, 0) is 37.8 Å². The molecule has 3 N–H and O–H groups in total. The van der Waals surface area contributed by atoms with Crippen LogP contribution in [0.3, 0.4) is 0 Å². The normalized spacial score (nSPS) is 17.6. The Kier molecular flexibility index (Phi) is 3.04. The van der Waals surface area contributed by atoms with Crippen molar-refractivity contribution < 1.29 is 9.84 Å². The molecule has 1 aromatic carbocycles. The fourth-order valence-corrected chi connectivity index (χ4v) is 3.04. The van der Waals surface area contributed by atoms with Crippen molar-refractivity contribution in [3.63, 3.8) is 0 Å². The minimum atomic E-state index is -0.0326. The van der Waals surface area contributed by atoms with E-state index in [-0.39, 0.29) is 11.2 Å². The van der Waals surface area contributed by atoms with Crippen LogP contribution in [0.2, 0.25) is 0 Å². The molecule has 0 radical (unpaired) electrons. The van der Waals surface area contributed by atoms with E-state index < -0.39 is 0 Å². The summed E-state index contributed by atoms with van der Waals surface area (Å²) in [4.78, 5) is 0. The second-order valence-corrected chi connectivity index (χ2v) is 5.11. The van der Waals surface area contributed by atoms with Crippen molar-refractivity contribution in [3.05, 3.63) is 22.8 Å². The predicted molar refractivity (Wildman–Crippen MR) is 68.7 cm³/mol. The third-order valence-corrected chi connectivity index (χ3v) is 4.07. The molecule has 3 heteroatoms. The number of aromatic hydroxyl groups is 1. The summed E-state index contributed by atoms with van der Waals surface area (Å²) < 4.78 is 5.29. The van der Waals surface area contributed by atoms with Crippen LogP contribution >= 0.6 is 0 Å². The summed E-state index contributed by atoms with van der Waals surface area (Å²) in [6.07, 6.45) is 3.31. The van der Waals surface area contributed by atoms with Crippen LogP contribution in [0.25, 0.3) is 0 Å². The minimum absolute atomic E-state index is 0.0326. The van der Waals surface area contributed by atoms with Gasteiger partial charge in [0.25, 0.3) is 0 Å². The Hall–Kier alpha value is -1.22. The summed E-state index contributed by atoms with van der Waals surface area (Å²) in [6, 6.07) is 2.07.